The van der Waals surface area contributed by atoms with Gasteiger partial charge in [-0.2, -0.15) is 0 Å². The van der Waals surface area contributed by atoms with E-state index < -0.39 is 0 Å². The van der Waals surface area contributed by atoms with Crippen LogP contribution >= 0.6 is 7.92 Å². The fourth-order valence-electron chi connectivity index (χ4n) is 10.1. The Labute approximate surface area is 296 Å². The molecule has 0 bridgehead atoms. The van der Waals surface area contributed by atoms with Gasteiger partial charge in [-0.3, -0.25) is 9.80 Å². The van der Waals surface area contributed by atoms with Gasteiger partial charge in [-0.25, -0.2) is 0 Å². The molecule has 1 aliphatic heterocycles. The minimum absolute atomic E-state index is 0.00216. The van der Waals surface area contributed by atoms with E-state index in [1.165, 1.54) is 69.8 Å². The first-order chi connectivity index (χ1) is 21.4. The lowest BCUT2D eigenvalue weighted by Crippen LogP contribution is -2.61. The highest BCUT2D eigenvalue weighted by Crippen LogP contribution is 2.57. The monoisotopic (exact) mass is 670 g/mol. The van der Waals surface area contributed by atoms with Gasteiger partial charge in [0.2, 0.25) is 0 Å². The molecule has 1 aromatic carbocycles. The molecule has 1 saturated heterocycles. The lowest BCUT2D eigenvalue weighted by Gasteiger charge is -2.56. The summed E-state index contributed by atoms with van der Waals surface area (Å²) in [6.07, 6.45) is 15.7. The molecule has 3 nitrogen and oxygen atoms in total. The van der Waals surface area contributed by atoms with E-state index in [2.05, 4.69) is 156 Å². The van der Waals surface area contributed by atoms with E-state index in [-0.39, 0.29) is 41.2 Å². The minimum Gasteiger partial charge on any atom is -0.361 e. The average molecular weight is 670 g/mol. The molecule has 4 heteroatoms. The molecule has 1 aromatic rings. The number of hydrogen-bond donors (Lipinski definition) is 0. The Hall–Kier alpha value is -0.630. The quantitative estimate of drug-likeness (QED) is 0.183. The summed E-state index contributed by atoms with van der Waals surface area (Å²) in [4.78, 5) is 8.65. The van der Waals surface area contributed by atoms with Crippen molar-refractivity contribution in [3.63, 3.8) is 0 Å². The van der Waals surface area contributed by atoms with Crippen molar-refractivity contribution < 1.29 is 0 Å². The van der Waals surface area contributed by atoms with Crippen molar-refractivity contribution in [2.24, 2.45) is 0 Å². The number of rotatable bonds is 14. The third kappa shape index (κ3) is 10.4. The van der Waals surface area contributed by atoms with Gasteiger partial charge in [0, 0.05) is 51.2 Å². The standard InChI is InChI=1S/C43H80N3P/c1-34-27-28-35(2)47(34)33-44(38(3,4)5)40(9,10)29-30-42(13,14)46(37-25-21-18-22-26-37)43(15,16)32-31-41(11,12)45(39(6,7)8)36-23-19-17-20-24-36/h18,21-22,25-26,34-36H,17,19-20,23-24,27-33H2,1-16H3/t34-,35-/m1/s1. The summed E-state index contributed by atoms with van der Waals surface area (Å²) in [6.45, 7) is 40.0. The van der Waals surface area contributed by atoms with E-state index in [0.717, 1.165) is 24.2 Å². The van der Waals surface area contributed by atoms with Gasteiger partial charge < -0.3 is 4.90 Å². The molecule has 3 rings (SSSR count). The number of nitrogens with zero attached hydrogens (tertiary/aromatic N) is 3. The summed E-state index contributed by atoms with van der Waals surface area (Å²) in [5, 5.41) is 0. The normalized spacial score (nSPS) is 21.7. The van der Waals surface area contributed by atoms with Crippen LogP contribution in [-0.2, 0) is 0 Å². The Morgan fingerprint density at radius 1 is 0.553 bits per heavy atom. The van der Waals surface area contributed by atoms with Gasteiger partial charge in [0.15, 0.2) is 0 Å². The van der Waals surface area contributed by atoms with Gasteiger partial charge in [0.25, 0.3) is 0 Å². The first-order valence-electron chi connectivity index (χ1n) is 19.6. The first-order valence-corrected chi connectivity index (χ1v) is 21.3. The van der Waals surface area contributed by atoms with Gasteiger partial charge >= 0.3 is 0 Å². The number of anilines is 1. The van der Waals surface area contributed by atoms with Crippen LogP contribution in [0, 0.1) is 0 Å². The van der Waals surface area contributed by atoms with Crippen LogP contribution in [0.4, 0.5) is 5.69 Å². The Morgan fingerprint density at radius 2 is 1.00 bits per heavy atom. The maximum absolute atomic E-state index is 2.92. The van der Waals surface area contributed by atoms with Crippen molar-refractivity contribution >= 4 is 13.6 Å². The van der Waals surface area contributed by atoms with E-state index >= 15 is 0 Å². The van der Waals surface area contributed by atoms with Gasteiger partial charge in [-0.05, 0) is 172 Å². The van der Waals surface area contributed by atoms with Crippen LogP contribution in [-0.4, -0.2) is 66.7 Å². The van der Waals surface area contributed by atoms with E-state index in [1.54, 1.807) is 0 Å². The zero-order valence-corrected chi connectivity index (χ0v) is 35.3. The summed E-state index contributed by atoms with van der Waals surface area (Å²) in [6, 6.07) is 12.1. The first kappa shape index (κ1) is 40.8. The van der Waals surface area contributed by atoms with E-state index in [1.807, 2.05) is 0 Å². The Morgan fingerprint density at radius 3 is 1.45 bits per heavy atom. The molecule has 47 heavy (non-hydrogen) atoms. The molecule has 1 heterocycles. The topological polar surface area (TPSA) is 9.72 Å². The largest absolute Gasteiger partial charge is 0.361 e. The van der Waals surface area contributed by atoms with Crippen LogP contribution in [0.5, 0.6) is 0 Å². The molecule has 1 aliphatic carbocycles. The predicted octanol–water partition coefficient (Wildman–Crippen LogP) is 12.7. The van der Waals surface area contributed by atoms with Crippen LogP contribution in [0.1, 0.15) is 181 Å². The second kappa shape index (κ2) is 15.3. The molecule has 0 spiro atoms. The molecule has 2 atom stereocenters. The van der Waals surface area contributed by atoms with Gasteiger partial charge in [-0.1, -0.05) is 59.2 Å². The fourth-order valence-corrected chi connectivity index (χ4v) is 13.6. The molecular formula is C43H80N3P. The maximum atomic E-state index is 2.92. The summed E-state index contributed by atoms with van der Waals surface area (Å²) in [7, 11) is 0.0348. The number of para-hydroxylation sites is 1. The van der Waals surface area contributed by atoms with Crippen molar-refractivity contribution in [1.29, 1.82) is 0 Å². The summed E-state index contributed by atoms with van der Waals surface area (Å²) in [5.41, 5.74) is 3.73. The van der Waals surface area contributed by atoms with Crippen molar-refractivity contribution in [3.05, 3.63) is 30.3 Å². The average Bonchev–Trinajstić information content (AvgIpc) is 3.25. The summed E-state index contributed by atoms with van der Waals surface area (Å²) >= 11 is 0. The molecule has 0 unspecified atom stereocenters. The zero-order valence-electron chi connectivity index (χ0n) is 34.4. The van der Waals surface area contributed by atoms with Crippen LogP contribution in [0.3, 0.4) is 0 Å². The molecular weight excluding hydrogens is 589 g/mol. The van der Waals surface area contributed by atoms with Crippen molar-refractivity contribution in [2.45, 2.75) is 232 Å². The maximum Gasteiger partial charge on any atom is 0.0375 e. The zero-order chi connectivity index (χ0) is 35.6. The molecule has 1 saturated carbocycles. The van der Waals surface area contributed by atoms with E-state index in [4.69, 9.17) is 0 Å². The van der Waals surface area contributed by atoms with E-state index in [0.29, 0.717) is 6.04 Å². The lowest BCUT2D eigenvalue weighted by molar-refractivity contribution is -0.0354. The molecule has 0 radical (unpaired) electrons. The fraction of sp³-hybridized carbons (Fsp3) is 0.860. The molecule has 2 aliphatic rings. The summed E-state index contributed by atoms with van der Waals surface area (Å²) < 4.78 is 0. The van der Waals surface area contributed by atoms with Crippen molar-refractivity contribution in [1.82, 2.24) is 9.80 Å². The van der Waals surface area contributed by atoms with Gasteiger partial charge in [0.05, 0.1) is 0 Å². The third-order valence-corrected chi connectivity index (χ3v) is 15.6. The van der Waals surface area contributed by atoms with Crippen LogP contribution < -0.4 is 4.90 Å². The van der Waals surface area contributed by atoms with Crippen LogP contribution in [0.2, 0.25) is 0 Å². The molecule has 0 amide bonds. The van der Waals surface area contributed by atoms with Crippen molar-refractivity contribution in [2.75, 3.05) is 11.2 Å². The minimum atomic E-state index is 0.00216. The van der Waals surface area contributed by atoms with Gasteiger partial charge in [-0.15, -0.1) is 0 Å². The number of benzene rings is 1. The Kier molecular flexibility index (Phi) is 13.3. The van der Waals surface area contributed by atoms with E-state index in [9.17, 15) is 0 Å². The van der Waals surface area contributed by atoms with Gasteiger partial charge in [0.1, 0.15) is 0 Å². The SMILES string of the molecule is C[C@@H]1CC[C@@H](C)P1CN(C(C)(C)C)C(C)(C)CCC(C)(C)N(c1ccccc1)C(C)(C)CCC(C)(C)N(C1CCCCC1)C(C)(C)C. The highest BCUT2D eigenvalue weighted by molar-refractivity contribution is 7.59. The Balaban J connectivity index is 1.87. The lowest BCUT2D eigenvalue weighted by atomic mass is 9.78. The third-order valence-electron chi connectivity index (χ3n) is 12.2. The summed E-state index contributed by atoms with van der Waals surface area (Å²) in [5.74, 6) is 0. The van der Waals surface area contributed by atoms with Crippen LogP contribution in [0.25, 0.3) is 0 Å². The highest BCUT2D eigenvalue weighted by Gasteiger charge is 2.45. The number of hydrogen-bond acceptors (Lipinski definition) is 3. The predicted molar refractivity (Wildman–Crippen MR) is 214 cm³/mol. The molecule has 0 aromatic heterocycles. The Bertz CT molecular complexity index is 1080. The molecule has 0 N–H and O–H groups in total. The van der Waals surface area contributed by atoms with Crippen molar-refractivity contribution in [3.8, 4) is 0 Å². The second-order valence-corrected chi connectivity index (χ2v) is 23.4. The smallest absolute Gasteiger partial charge is 0.0375 e. The van der Waals surface area contributed by atoms with Crippen LogP contribution in [0.15, 0.2) is 30.3 Å². The highest BCUT2D eigenvalue weighted by atomic mass is 31.1. The second-order valence-electron chi connectivity index (χ2n) is 20.3. The molecule has 2 fully saturated rings. The molecule has 272 valence electrons.